The van der Waals surface area contributed by atoms with E-state index in [2.05, 4.69) is 35.0 Å². The topological polar surface area (TPSA) is 25.2 Å². The first kappa shape index (κ1) is 11.8. The molecule has 2 nitrogen and oxygen atoms in total. The van der Waals surface area contributed by atoms with Crippen LogP contribution in [0.5, 0.6) is 0 Å². The fourth-order valence-corrected chi connectivity index (χ4v) is 3.40. The third-order valence-corrected chi connectivity index (χ3v) is 4.35. The quantitative estimate of drug-likeness (QED) is 0.765. The average molecular weight is 278 g/mol. The molecule has 2 aromatic heterocycles. The fraction of sp³-hybridized carbons (Fsp3) is 0.143. The molecule has 1 aromatic carbocycles. The van der Waals surface area contributed by atoms with Crippen LogP contribution in [-0.2, 0) is 0 Å². The lowest BCUT2D eigenvalue weighted by atomic mass is 10.0. The van der Waals surface area contributed by atoms with Gasteiger partial charge in [-0.3, -0.25) is 0 Å². The van der Waals surface area contributed by atoms with E-state index >= 15 is 0 Å². The molecule has 1 unspecified atom stereocenters. The van der Waals surface area contributed by atoms with Crippen molar-refractivity contribution < 1.29 is 4.42 Å². The Kier molecular flexibility index (Phi) is 3.12. The number of halogens is 1. The van der Waals surface area contributed by atoms with E-state index in [1.165, 1.54) is 15.6 Å². The van der Waals surface area contributed by atoms with E-state index in [0.717, 1.165) is 5.56 Å². The van der Waals surface area contributed by atoms with E-state index < -0.39 is 0 Å². The molecule has 1 atom stereocenters. The molecule has 0 saturated heterocycles. The third kappa shape index (κ3) is 1.85. The molecule has 1 N–H and O–H groups in total. The summed E-state index contributed by atoms with van der Waals surface area (Å²) in [6.07, 6.45) is 1.62. The Morgan fingerprint density at radius 2 is 2.11 bits per heavy atom. The van der Waals surface area contributed by atoms with E-state index in [4.69, 9.17) is 16.0 Å². The number of fused-ring (bicyclic) bond motifs is 1. The molecule has 4 heteroatoms. The predicted molar refractivity (Wildman–Crippen MR) is 76.4 cm³/mol. The second-order valence-electron chi connectivity index (χ2n) is 4.06. The molecule has 0 spiro atoms. The summed E-state index contributed by atoms with van der Waals surface area (Å²) in [6.45, 7) is 0. The van der Waals surface area contributed by atoms with Gasteiger partial charge >= 0.3 is 0 Å². The molecule has 3 rings (SSSR count). The van der Waals surface area contributed by atoms with Crippen molar-refractivity contribution in [3.8, 4) is 0 Å². The molecule has 0 saturated carbocycles. The summed E-state index contributed by atoms with van der Waals surface area (Å²) in [5.74, 6) is 0. The summed E-state index contributed by atoms with van der Waals surface area (Å²) in [7, 11) is 1.93. The molecule has 0 radical (unpaired) electrons. The summed E-state index contributed by atoms with van der Waals surface area (Å²) < 4.78 is 6.48. The van der Waals surface area contributed by atoms with Crippen molar-refractivity contribution in [1.29, 1.82) is 0 Å². The monoisotopic (exact) mass is 277 g/mol. The zero-order valence-electron chi connectivity index (χ0n) is 9.81. The van der Waals surface area contributed by atoms with Gasteiger partial charge in [0.15, 0.2) is 5.22 Å². The Bertz CT molecular complexity index is 673. The maximum absolute atomic E-state index is 6.09. The average Bonchev–Trinajstić information content (AvgIpc) is 3.00. The van der Waals surface area contributed by atoms with Crippen molar-refractivity contribution in [2.24, 2.45) is 0 Å². The van der Waals surface area contributed by atoms with E-state index in [9.17, 15) is 0 Å². The van der Waals surface area contributed by atoms with Crippen LogP contribution in [0.1, 0.15) is 17.2 Å². The van der Waals surface area contributed by atoms with Crippen LogP contribution in [0.15, 0.2) is 46.4 Å². The maximum atomic E-state index is 6.09. The van der Waals surface area contributed by atoms with Crippen molar-refractivity contribution in [1.82, 2.24) is 5.32 Å². The molecule has 18 heavy (non-hydrogen) atoms. The lowest BCUT2D eigenvalue weighted by Gasteiger charge is -2.16. The molecule has 0 aliphatic rings. The molecule has 0 aliphatic heterocycles. The van der Waals surface area contributed by atoms with Crippen molar-refractivity contribution in [2.75, 3.05) is 7.05 Å². The Morgan fingerprint density at radius 1 is 1.22 bits per heavy atom. The largest absolute Gasteiger partial charge is 0.453 e. The molecular formula is C14H12ClNOS. The predicted octanol–water partition coefficient (Wildman–Crippen LogP) is 4.46. The molecule has 3 aromatic rings. The summed E-state index contributed by atoms with van der Waals surface area (Å²) >= 11 is 7.83. The van der Waals surface area contributed by atoms with Crippen LogP contribution in [0.4, 0.5) is 0 Å². The number of hydrogen-bond acceptors (Lipinski definition) is 3. The van der Waals surface area contributed by atoms with Crippen molar-refractivity contribution in [3.63, 3.8) is 0 Å². The van der Waals surface area contributed by atoms with Gasteiger partial charge in [-0.15, -0.1) is 11.3 Å². The van der Waals surface area contributed by atoms with Gasteiger partial charge in [0.2, 0.25) is 0 Å². The zero-order valence-corrected chi connectivity index (χ0v) is 11.4. The Morgan fingerprint density at radius 3 is 2.83 bits per heavy atom. The normalized spacial score (nSPS) is 13.0. The highest BCUT2D eigenvalue weighted by atomic mass is 35.5. The Hall–Kier alpha value is -1.29. The number of benzene rings is 1. The molecule has 0 aliphatic carbocycles. The summed E-state index contributed by atoms with van der Waals surface area (Å²) in [5.41, 5.74) is 2.20. The van der Waals surface area contributed by atoms with Gasteiger partial charge in [0.1, 0.15) is 0 Å². The van der Waals surface area contributed by atoms with E-state index in [1.807, 2.05) is 13.1 Å². The van der Waals surface area contributed by atoms with Crippen LogP contribution in [0.25, 0.3) is 10.1 Å². The van der Waals surface area contributed by atoms with Crippen molar-refractivity contribution in [2.45, 2.75) is 6.04 Å². The maximum Gasteiger partial charge on any atom is 0.198 e. The van der Waals surface area contributed by atoms with Gasteiger partial charge in [-0.25, -0.2) is 0 Å². The van der Waals surface area contributed by atoms with Gasteiger partial charge < -0.3 is 9.73 Å². The van der Waals surface area contributed by atoms with Crippen LogP contribution in [-0.4, -0.2) is 7.05 Å². The van der Waals surface area contributed by atoms with Gasteiger partial charge in [0, 0.05) is 10.3 Å². The third-order valence-electron chi connectivity index (χ3n) is 3.07. The van der Waals surface area contributed by atoms with Crippen LogP contribution < -0.4 is 5.32 Å². The van der Waals surface area contributed by atoms with E-state index in [1.54, 1.807) is 17.6 Å². The number of nitrogens with one attached hydrogen (secondary N) is 1. The van der Waals surface area contributed by atoms with Crippen LogP contribution in [0.2, 0.25) is 5.22 Å². The summed E-state index contributed by atoms with van der Waals surface area (Å²) in [4.78, 5) is 0. The van der Waals surface area contributed by atoms with Gasteiger partial charge in [-0.2, -0.15) is 0 Å². The molecule has 0 fully saturated rings. The van der Waals surface area contributed by atoms with Crippen LogP contribution >= 0.6 is 22.9 Å². The smallest absolute Gasteiger partial charge is 0.198 e. The van der Waals surface area contributed by atoms with Gasteiger partial charge in [-0.1, -0.05) is 18.2 Å². The van der Waals surface area contributed by atoms with E-state index in [0.29, 0.717) is 5.22 Å². The molecule has 0 amide bonds. The number of thiophene rings is 1. The Labute approximate surface area is 114 Å². The molecule has 2 heterocycles. The van der Waals surface area contributed by atoms with Gasteiger partial charge in [0.25, 0.3) is 0 Å². The SMILES string of the molecule is CNC(c1ccoc1Cl)c1cccc2ccsc12. The minimum Gasteiger partial charge on any atom is -0.453 e. The minimum atomic E-state index is 0.0543. The van der Waals surface area contributed by atoms with Gasteiger partial charge in [-0.05, 0) is 47.1 Å². The molecular weight excluding hydrogens is 266 g/mol. The highest BCUT2D eigenvalue weighted by molar-refractivity contribution is 7.17. The molecule has 92 valence electrons. The Balaban J connectivity index is 2.17. The van der Waals surface area contributed by atoms with Crippen molar-refractivity contribution in [3.05, 3.63) is 58.3 Å². The van der Waals surface area contributed by atoms with Gasteiger partial charge in [0.05, 0.1) is 12.3 Å². The molecule has 0 bridgehead atoms. The first-order chi connectivity index (χ1) is 8.81. The first-order valence-electron chi connectivity index (χ1n) is 5.67. The number of hydrogen-bond donors (Lipinski definition) is 1. The lowest BCUT2D eigenvalue weighted by molar-refractivity contribution is 0.560. The highest BCUT2D eigenvalue weighted by Gasteiger charge is 2.19. The number of rotatable bonds is 3. The van der Waals surface area contributed by atoms with E-state index in [-0.39, 0.29) is 6.04 Å². The fourth-order valence-electron chi connectivity index (χ4n) is 2.23. The summed E-state index contributed by atoms with van der Waals surface area (Å²) in [6, 6.07) is 10.4. The second-order valence-corrected chi connectivity index (χ2v) is 5.32. The van der Waals surface area contributed by atoms with Crippen molar-refractivity contribution >= 4 is 33.0 Å². The number of furan rings is 1. The van der Waals surface area contributed by atoms with Crippen LogP contribution in [0.3, 0.4) is 0 Å². The lowest BCUT2D eigenvalue weighted by Crippen LogP contribution is -2.17. The first-order valence-corrected chi connectivity index (χ1v) is 6.93. The highest BCUT2D eigenvalue weighted by Crippen LogP contribution is 2.35. The second kappa shape index (κ2) is 4.76. The zero-order chi connectivity index (χ0) is 12.5. The standard InChI is InChI=1S/C14H12ClNOS/c1-16-12(11-5-7-17-14(11)15)10-4-2-3-9-6-8-18-13(9)10/h2-8,12,16H,1H3. The minimum absolute atomic E-state index is 0.0543. The van der Waals surface area contributed by atoms with Crippen LogP contribution in [0, 0.1) is 0 Å². The summed E-state index contributed by atoms with van der Waals surface area (Å²) in [5, 5.41) is 7.12.